The number of ether oxygens (including phenoxy) is 2. The number of anilines is 1. The molecule has 9 heteroatoms. The predicted molar refractivity (Wildman–Crippen MR) is 159 cm³/mol. The number of hydrogen-bond donors (Lipinski definition) is 0. The third-order valence-corrected chi connectivity index (χ3v) is 7.19. The zero-order valence-electron chi connectivity index (χ0n) is 19.2. The van der Waals surface area contributed by atoms with Crippen LogP contribution in [0.2, 0.25) is 10.0 Å². The molecule has 1 amide bonds. The van der Waals surface area contributed by atoms with Crippen LogP contribution < -0.4 is 14.4 Å². The van der Waals surface area contributed by atoms with Gasteiger partial charge in [-0.3, -0.25) is 9.69 Å². The number of rotatable bonds is 8. The highest BCUT2D eigenvalue weighted by Gasteiger charge is 2.35. The molecular formula is C27H21Cl2IN2O3S. The van der Waals surface area contributed by atoms with E-state index in [4.69, 9.17) is 37.7 Å². The molecule has 5 nitrogen and oxygen atoms in total. The van der Waals surface area contributed by atoms with E-state index in [0.29, 0.717) is 56.2 Å². The molecule has 0 saturated carbocycles. The Balaban J connectivity index is 1.75. The van der Waals surface area contributed by atoms with Crippen LogP contribution in [0.15, 0.2) is 83.2 Å². The van der Waals surface area contributed by atoms with Gasteiger partial charge in [-0.05, 0) is 114 Å². The summed E-state index contributed by atoms with van der Waals surface area (Å²) in [5.74, 6) is 1.07. The summed E-state index contributed by atoms with van der Waals surface area (Å²) in [7, 11) is 0. The number of carbonyl (C=O) groups excluding carboxylic acids is 1. The second-order valence-corrected chi connectivity index (χ2v) is 10.5. The first-order valence-electron chi connectivity index (χ1n) is 10.9. The van der Waals surface area contributed by atoms with Gasteiger partial charge in [0.05, 0.1) is 26.5 Å². The highest BCUT2D eigenvalue weighted by molar-refractivity contribution is 14.1. The van der Waals surface area contributed by atoms with Gasteiger partial charge in [0.15, 0.2) is 16.7 Å². The molecule has 0 atom stereocenters. The molecule has 3 aromatic carbocycles. The second kappa shape index (κ2) is 12.2. The number of aliphatic imine (C=N–C) groups is 1. The number of carbonyl (C=O) groups is 1. The normalized spacial score (nSPS) is 15.6. The first-order chi connectivity index (χ1) is 17.4. The number of hydrogen-bond acceptors (Lipinski definition) is 5. The Morgan fingerprint density at radius 1 is 1.06 bits per heavy atom. The molecule has 1 fully saturated rings. The minimum Gasteiger partial charge on any atom is -0.490 e. The van der Waals surface area contributed by atoms with Gasteiger partial charge in [0, 0.05) is 10.0 Å². The van der Waals surface area contributed by atoms with Crippen molar-refractivity contribution >= 4 is 86.1 Å². The van der Waals surface area contributed by atoms with Gasteiger partial charge in [-0.25, -0.2) is 4.99 Å². The maximum atomic E-state index is 13.6. The average Bonchev–Trinajstić information content (AvgIpc) is 3.15. The third kappa shape index (κ3) is 6.26. The van der Waals surface area contributed by atoms with Crippen molar-refractivity contribution in [3.05, 3.63) is 97.4 Å². The van der Waals surface area contributed by atoms with Crippen LogP contribution in [0.25, 0.3) is 6.08 Å². The maximum Gasteiger partial charge on any atom is 0.271 e. The van der Waals surface area contributed by atoms with Crippen LogP contribution in [-0.4, -0.2) is 24.3 Å². The van der Waals surface area contributed by atoms with Gasteiger partial charge < -0.3 is 9.47 Å². The molecule has 0 aromatic heterocycles. The van der Waals surface area contributed by atoms with Crippen molar-refractivity contribution in [2.24, 2.45) is 4.99 Å². The first kappa shape index (κ1) is 26.6. The Labute approximate surface area is 237 Å². The van der Waals surface area contributed by atoms with Gasteiger partial charge in [-0.2, -0.15) is 0 Å². The molecule has 0 unspecified atom stereocenters. The molecule has 1 heterocycles. The number of amides is 1. The van der Waals surface area contributed by atoms with Crippen LogP contribution in [0.3, 0.4) is 0 Å². The SMILES string of the molecule is C=CCOc1c(I)cc(/C=C2\SC(=Nc3ccc(Cl)cc3)N(c3ccc(Cl)cc3)C2=O)cc1OCC. The van der Waals surface area contributed by atoms with Crippen molar-refractivity contribution in [3.8, 4) is 11.5 Å². The molecule has 1 aliphatic rings. The highest BCUT2D eigenvalue weighted by Crippen LogP contribution is 2.40. The van der Waals surface area contributed by atoms with Gasteiger partial charge >= 0.3 is 0 Å². The van der Waals surface area contributed by atoms with E-state index in [-0.39, 0.29) is 5.91 Å². The largest absolute Gasteiger partial charge is 0.490 e. The first-order valence-corrected chi connectivity index (χ1v) is 13.6. The zero-order chi connectivity index (χ0) is 25.7. The molecule has 0 spiro atoms. The van der Waals surface area contributed by atoms with Gasteiger partial charge in [-0.1, -0.05) is 35.9 Å². The van der Waals surface area contributed by atoms with Crippen LogP contribution in [0, 0.1) is 3.57 Å². The minimum atomic E-state index is -0.185. The Kier molecular flexibility index (Phi) is 9.00. The molecule has 184 valence electrons. The van der Waals surface area contributed by atoms with Gasteiger partial charge in [-0.15, -0.1) is 0 Å². The number of nitrogens with zero attached hydrogens (tertiary/aromatic N) is 2. The average molecular weight is 651 g/mol. The molecule has 3 aromatic rings. The standard InChI is InChI=1S/C27H21Cl2IN2O3S/c1-3-13-35-25-22(30)14-17(15-23(25)34-4-2)16-24-26(33)32(21-11-7-19(29)8-12-21)27(36-24)31-20-9-5-18(28)6-10-20/h3,5-12,14-16H,1,4,13H2,2H3/b24-16-,31-27?. The smallest absolute Gasteiger partial charge is 0.271 e. The van der Waals surface area contributed by atoms with Crippen molar-refractivity contribution in [2.75, 3.05) is 18.1 Å². The number of benzene rings is 3. The number of amidine groups is 1. The Morgan fingerprint density at radius 3 is 2.36 bits per heavy atom. The van der Waals surface area contributed by atoms with Crippen LogP contribution in [0.4, 0.5) is 11.4 Å². The fourth-order valence-corrected chi connectivity index (χ4v) is 5.39. The van der Waals surface area contributed by atoms with E-state index in [9.17, 15) is 4.79 Å². The van der Waals surface area contributed by atoms with E-state index in [0.717, 1.165) is 9.13 Å². The van der Waals surface area contributed by atoms with Crippen LogP contribution in [0.5, 0.6) is 11.5 Å². The molecule has 0 N–H and O–H groups in total. The van der Waals surface area contributed by atoms with Gasteiger partial charge in [0.25, 0.3) is 5.91 Å². The molecule has 0 aliphatic carbocycles. The van der Waals surface area contributed by atoms with Crippen LogP contribution in [0.1, 0.15) is 12.5 Å². The van der Waals surface area contributed by atoms with E-state index >= 15 is 0 Å². The zero-order valence-corrected chi connectivity index (χ0v) is 23.7. The van der Waals surface area contributed by atoms with Gasteiger partial charge in [0.1, 0.15) is 6.61 Å². The fraction of sp³-hybridized carbons (Fsp3) is 0.111. The van der Waals surface area contributed by atoms with Crippen molar-refractivity contribution in [3.63, 3.8) is 0 Å². The monoisotopic (exact) mass is 650 g/mol. The van der Waals surface area contributed by atoms with E-state index < -0.39 is 0 Å². The van der Waals surface area contributed by atoms with Gasteiger partial charge in [0.2, 0.25) is 0 Å². The summed E-state index contributed by atoms with van der Waals surface area (Å²) in [6.45, 7) is 6.47. The quantitative estimate of drug-likeness (QED) is 0.140. The summed E-state index contributed by atoms with van der Waals surface area (Å²) >= 11 is 15.6. The third-order valence-electron chi connectivity index (χ3n) is 4.92. The predicted octanol–water partition coefficient (Wildman–Crippen LogP) is 8.37. The summed E-state index contributed by atoms with van der Waals surface area (Å²) in [6.07, 6.45) is 3.52. The number of halogens is 3. The Bertz CT molecular complexity index is 1340. The molecule has 36 heavy (non-hydrogen) atoms. The molecule has 4 rings (SSSR count). The summed E-state index contributed by atoms with van der Waals surface area (Å²) in [5.41, 5.74) is 2.17. The summed E-state index contributed by atoms with van der Waals surface area (Å²) in [6, 6.07) is 18.0. The maximum absolute atomic E-state index is 13.6. The minimum absolute atomic E-state index is 0.185. The van der Waals surface area contributed by atoms with Crippen LogP contribution >= 0.6 is 57.6 Å². The molecule has 1 aliphatic heterocycles. The summed E-state index contributed by atoms with van der Waals surface area (Å²) in [4.78, 5) is 20.4. The lowest BCUT2D eigenvalue weighted by Crippen LogP contribution is -2.28. The molecular weight excluding hydrogens is 630 g/mol. The Morgan fingerprint density at radius 2 is 1.72 bits per heavy atom. The molecule has 0 bridgehead atoms. The number of thioether (sulfide) groups is 1. The topological polar surface area (TPSA) is 51.1 Å². The Hall–Kier alpha value is -2.46. The van der Waals surface area contributed by atoms with Crippen molar-refractivity contribution in [2.45, 2.75) is 6.92 Å². The molecule has 0 radical (unpaired) electrons. The summed E-state index contributed by atoms with van der Waals surface area (Å²) in [5, 5.41) is 1.73. The van der Waals surface area contributed by atoms with E-state index in [2.05, 4.69) is 29.2 Å². The highest BCUT2D eigenvalue weighted by atomic mass is 127. The molecule has 1 saturated heterocycles. The summed E-state index contributed by atoms with van der Waals surface area (Å²) < 4.78 is 12.5. The van der Waals surface area contributed by atoms with Crippen molar-refractivity contribution in [1.29, 1.82) is 0 Å². The van der Waals surface area contributed by atoms with E-state index in [1.807, 2.05) is 25.1 Å². The van der Waals surface area contributed by atoms with E-state index in [1.54, 1.807) is 59.5 Å². The fourth-order valence-electron chi connectivity index (χ4n) is 3.36. The lowest BCUT2D eigenvalue weighted by Gasteiger charge is -2.16. The van der Waals surface area contributed by atoms with Crippen LogP contribution in [-0.2, 0) is 4.79 Å². The second-order valence-electron chi connectivity index (χ2n) is 7.46. The van der Waals surface area contributed by atoms with Crippen molar-refractivity contribution in [1.82, 2.24) is 0 Å². The van der Waals surface area contributed by atoms with E-state index in [1.165, 1.54) is 11.8 Å². The lowest BCUT2D eigenvalue weighted by molar-refractivity contribution is -0.113. The lowest BCUT2D eigenvalue weighted by atomic mass is 10.1. The van der Waals surface area contributed by atoms with Crippen molar-refractivity contribution < 1.29 is 14.3 Å².